The number of benzene rings is 3. The molecule has 0 saturated carbocycles. The summed E-state index contributed by atoms with van der Waals surface area (Å²) in [6, 6.07) is 22.1. The zero-order valence-electron chi connectivity index (χ0n) is 29.5. The number of aromatic amines is 1. The van der Waals surface area contributed by atoms with Crippen LogP contribution in [-0.4, -0.2) is 83.6 Å². The minimum atomic E-state index is -3.10. The van der Waals surface area contributed by atoms with E-state index in [1.807, 2.05) is 55.5 Å². The van der Waals surface area contributed by atoms with Gasteiger partial charge in [0.2, 0.25) is 5.91 Å². The average molecular weight is 715 g/mol. The van der Waals surface area contributed by atoms with E-state index in [9.17, 15) is 29.1 Å². The van der Waals surface area contributed by atoms with Crippen LogP contribution in [0.5, 0.6) is 0 Å². The second kappa shape index (κ2) is 14.6. The van der Waals surface area contributed by atoms with Crippen LogP contribution in [0.15, 0.2) is 77.6 Å². The van der Waals surface area contributed by atoms with Gasteiger partial charge in [-0.2, -0.15) is 0 Å². The average Bonchev–Trinajstić information content (AvgIpc) is 3.69. The van der Waals surface area contributed by atoms with E-state index in [1.165, 1.54) is 11.8 Å². The number of nitrogens with one attached hydrogen (secondary N) is 1. The molecule has 0 unspecified atom stereocenters. The second-order valence-electron chi connectivity index (χ2n) is 14.1. The molecular formula is C38H46N4O8Si. The van der Waals surface area contributed by atoms with E-state index in [-0.39, 0.29) is 49.3 Å². The molecule has 51 heavy (non-hydrogen) atoms. The van der Waals surface area contributed by atoms with Crippen molar-refractivity contribution in [2.24, 2.45) is 5.92 Å². The Morgan fingerprint density at radius 3 is 2.45 bits per heavy atom. The SMILES string of the molecule is COC(=O)CCCCN1C(=O)[C@]2(O[C@H](CC(=O)N(CCO)Cc3ccccc3)[C@@H]([Si](C)(C)O)[C@@H]2C)c2cc(-n3[nH]c4ccccc4c3=O)ccc21. The van der Waals surface area contributed by atoms with Crippen molar-refractivity contribution in [3.63, 3.8) is 0 Å². The van der Waals surface area contributed by atoms with Gasteiger partial charge in [-0.25, -0.2) is 4.68 Å². The molecule has 1 fully saturated rings. The van der Waals surface area contributed by atoms with Gasteiger partial charge in [0.1, 0.15) is 0 Å². The Bertz CT molecular complexity index is 1970. The molecule has 4 atom stereocenters. The summed E-state index contributed by atoms with van der Waals surface area (Å²) in [5, 5.41) is 13.5. The van der Waals surface area contributed by atoms with Crippen LogP contribution < -0.4 is 10.5 Å². The molecule has 1 saturated heterocycles. The molecule has 1 spiro atoms. The number of aliphatic hydroxyl groups excluding tert-OH is 1. The van der Waals surface area contributed by atoms with Crippen LogP contribution in [0.4, 0.5) is 5.69 Å². The van der Waals surface area contributed by atoms with E-state index in [4.69, 9.17) is 9.47 Å². The maximum absolute atomic E-state index is 14.9. The van der Waals surface area contributed by atoms with E-state index in [1.54, 1.807) is 47.2 Å². The summed E-state index contributed by atoms with van der Waals surface area (Å²) in [6.45, 7) is 6.00. The smallest absolute Gasteiger partial charge is 0.305 e. The Labute approximate surface area is 297 Å². The van der Waals surface area contributed by atoms with Crippen molar-refractivity contribution >= 4 is 42.7 Å². The number of esters is 1. The maximum Gasteiger partial charge on any atom is 0.305 e. The minimum Gasteiger partial charge on any atom is -0.469 e. The first-order valence-corrected chi connectivity index (χ1v) is 20.5. The van der Waals surface area contributed by atoms with Crippen LogP contribution in [0.2, 0.25) is 18.6 Å². The lowest BCUT2D eigenvalue weighted by atomic mass is 9.82. The van der Waals surface area contributed by atoms with E-state index in [0.717, 1.165) is 5.56 Å². The normalized spacial score (nSPS) is 21.4. The summed E-state index contributed by atoms with van der Waals surface area (Å²) in [6.07, 6.45) is 0.358. The number of para-hydroxylation sites is 1. The second-order valence-corrected chi connectivity index (χ2v) is 18.1. The molecular weight excluding hydrogens is 669 g/mol. The molecule has 0 radical (unpaired) electrons. The predicted molar refractivity (Wildman–Crippen MR) is 195 cm³/mol. The van der Waals surface area contributed by atoms with Crippen molar-refractivity contribution in [3.05, 3.63) is 94.3 Å². The van der Waals surface area contributed by atoms with E-state index >= 15 is 0 Å². The third-order valence-electron chi connectivity index (χ3n) is 10.4. The van der Waals surface area contributed by atoms with Gasteiger partial charge in [0.15, 0.2) is 13.9 Å². The number of aromatic nitrogens is 2. The number of ether oxygens (including phenoxy) is 2. The summed E-state index contributed by atoms with van der Waals surface area (Å²) >= 11 is 0. The Hall–Kier alpha value is -4.56. The highest BCUT2D eigenvalue weighted by atomic mass is 28.4. The van der Waals surface area contributed by atoms with E-state index < -0.39 is 31.5 Å². The maximum atomic E-state index is 14.9. The molecule has 0 aliphatic carbocycles. The van der Waals surface area contributed by atoms with Gasteiger partial charge < -0.3 is 29.2 Å². The lowest BCUT2D eigenvalue weighted by Gasteiger charge is -2.32. The molecule has 2 aliphatic heterocycles. The fourth-order valence-corrected chi connectivity index (χ4v) is 10.6. The van der Waals surface area contributed by atoms with Gasteiger partial charge in [0, 0.05) is 43.1 Å². The highest BCUT2D eigenvalue weighted by molar-refractivity contribution is 6.71. The standard InChI is InChI=1S/C38H46N4O8Si/c1-25-35(51(3,4)48)32(23-33(44)40(20-21-43)24-26-12-6-5-7-13-26)50-38(25)29-22-27(42-36(46)28-14-8-9-15-30(28)39-42)17-18-31(29)41(37(38)47)19-11-10-16-34(45)49-2/h5-9,12-15,17-18,22,25,32,35,39,43,48H,10-11,16,19-21,23-24H2,1-4H3/t25-,32+,35-,38+/m0/s1. The number of methoxy groups -OCH3 is 1. The number of nitrogens with zero attached hydrogens (tertiary/aromatic N) is 3. The first-order chi connectivity index (χ1) is 24.4. The van der Waals surface area contributed by atoms with E-state index in [0.29, 0.717) is 53.8 Å². The van der Waals surface area contributed by atoms with Crippen LogP contribution in [0.3, 0.4) is 0 Å². The number of anilines is 1. The van der Waals surface area contributed by atoms with E-state index in [2.05, 4.69) is 5.10 Å². The lowest BCUT2D eigenvalue weighted by molar-refractivity contribution is -0.150. The van der Waals surface area contributed by atoms with Crippen LogP contribution in [0.25, 0.3) is 16.6 Å². The number of H-pyrrole nitrogens is 1. The topological polar surface area (TPSA) is 154 Å². The number of carbonyl (C=O) groups excluding carboxylic acids is 3. The van der Waals surface area contributed by atoms with Crippen molar-refractivity contribution in [2.45, 2.75) is 69.5 Å². The van der Waals surface area contributed by atoms with Gasteiger partial charge >= 0.3 is 5.97 Å². The van der Waals surface area contributed by atoms with Crippen LogP contribution in [0, 0.1) is 5.92 Å². The fraction of sp³-hybridized carbons (Fsp3) is 0.421. The molecule has 13 heteroatoms. The Morgan fingerprint density at radius 1 is 1.04 bits per heavy atom. The first kappa shape index (κ1) is 36.2. The highest BCUT2D eigenvalue weighted by Crippen LogP contribution is 2.60. The number of rotatable bonds is 13. The number of unbranched alkanes of at least 4 members (excludes halogenated alkanes) is 1. The molecule has 3 heterocycles. The van der Waals surface area contributed by atoms with Gasteiger partial charge in [-0.15, -0.1) is 0 Å². The van der Waals surface area contributed by atoms with Crippen molar-refractivity contribution in [1.82, 2.24) is 14.7 Å². The number of hydrogen-bond donors (Lipinski definition) is 3. The molecule has 6 rings (SSSR count). The summed E-state index contributed by atoms with van der Waals surface area (Å²) in [5.41, 5.74) is 0.971. The van der Waals surface area contributed by atoms with Crippen LogP contribution in [-0.2, 0) is 36.0 Å². The Morgan fingerprint density at radius 2 is 1.76 bits per heavy atom. The molecule has 2 aliphatic rings. The molecule has 270 valence electrons. The zero-order valence-corrected chi connectivity index (χ0v) is 30.5. The van der Waals surface area contributed by atoms with Gasteiger partial charge in [-0.05, 0) is 61.8 Å². The number of carbonyl (C=O) groups is 3. The third kappa shape index (κ3) is 6.78. The zero-order chi connectivity index (χ0) is 36.5. The highest BCUT2D eigenvalue weighted by Gasteiger charge is 2.66. The third-order valence-corrected chi connectivity index (χ3v) is 12.9. The molecule has 4 aromatic rings. The van der Waals surface area contributed by atoms with Crippen LogP contribution >= 0.6 is 0 Å². The molecule has 3 N–H and O–H groups in total. The van der Waals surface area contributed by atoms with Gasteiger partial charge in [-0.3, -0.25) is 24.3 Å². The first-order valence-electron chi connectivity index (χ1n) is 17.5. The van der Waals surface area contributed by atoms with Crippen molar-refractivity contribution in [2.75, 3.05) is 31.7 Å². The van der Waals surface area contributed by atoms with Gasteiger partial charge in [0.05, 0.1) is 48.5 Å². The lowest BCUT2D eigenvalue weighted by Crippen LogP contribution is -2.46. The van der Waals surface area contributed by atoms with Crippen LogP contribution in [0.1, 0.15) is 43.7 Å². The van der Waals surface area contributed by atoms with Gasteiger partial charge in [-0.1, -0.05) is 49.4 Å². The quantitative estimate of drug-likeness (QED) is 0.106. The summed E-state index contributed by atoms with van der Waals surface area (Å²) in [4.78, 5) is 69.1. The minimum absolute atomic E-state index is 0.0938. The van der Waals surface area contributed by atoms with Crippen molar-refractivity contribution in [3.8, 4) is 5.69 Å². The predicted octanol–water partition coefficient (Wildman–Crippen LogP) is 4.22. The molecule has 0 bridgehead atoms. The number of fused-ring (bicyclic) bond motifs is 3. The summed E-state index contributed by atoms with van der Waals surface area (Å²) in [5.74, 6) is -1.43. The Kier molecular flexibility index (Phi) is 10.4. The van der Waals surface area contributed by atoms with Crippen molar-refractivity contribution < 1.29 is 33.8 Å². The Balaban J connectivity index is 1.40. The van der Waals surface area contributed by atoms with Crippen molar-refractivity contribution in [1.29, 1.82) is 0 Å². The summed E-state index contributed by atoms with van der Waals surface area (Å²) < 4.78 is 13.2. The number of amides is 2. The monoisotopic (exact) mass is 714 g/mol. The molecule has 2 amide bonds. The fourth-order valence-electron chi connectivity index (χ4n) is 8.03. The number of aliphatic hydroxyl groups is 1. The summed E-state index contributed by atoms with van der Waals surface area (Å²) in [7, 11) is -1.75. The largest absolute Gasteiger partial charge is 0.469 e. The molecule has 3 aromatic carbocycles. The van der Waals surface area contributed by atoms with Gasteiger partial charge in [0.25, 0.3) is 11.5 Å². The number of hydrogen-bond acceptors (Lipinski definition) is 8. The molecule has 1 aromatic heterocycles. The molecule has 12 nitrogen and oxygen atoms in total.